The first-order chi connectivity index (χ1) is 17.3. The number of nitrogens with one attached hydrogen (secondary N) is 1. The van der Waals surface area contributed by atoms with E-state index >= 15 is 4.39 Å². The topological polar surface area (TPSA) is 139 Å². The summed E-state index contributed by atoms with van der Waals surface area (Å²) in [6.07, 6.45) is 4.23. The molecule has 5 N–H and O–H groups in total. The van der Waals surface area contributed by atoms with Gasteiger partial charge in [0.15, 0.2) is 17.3 Å². The molecule has 194 valence electrons. The van der Waals surface area contributed by atoms with Crippen LogP contribution in [0, 0.1) is 12.7 Å². The van der Waals surface area contributed by atoms with Crippen molar-refractivity contribution in [3.8, 4) is 11.3 Å². The summed E-state index contributed by atoms with van der Waals surface area (Å²) in [5.74, 6) is 0.284. The van der Waals surface area contributed by atoms with Crippen LogP contribution in [0.15, 0.2) is 18.3 Å². The molecule has 5 rings (SSSR count). The Morgan fingerprint density at radius 3 is 2.50 bits per heavy atom. The predicted molar refractivity (Wildman–Crippen MR) is 129 cm³/mol. The van der Waals surface area contributed by atoms with Gasteiger partial charge in [0.1, 0.15) is 16.9 Å². The van der Waals surface area contributed by atoms with Crippen molar-refractivity contribution < 1.29 is 23.4 Å². The lowest BCUT2D eigenvalue weighted by atomic mass is 9.96. The summed E-state index contributed by atoms with van der Waals surface area (Å²) < 4.78 is 43.8. The maximum Gasteiger partial charge on any atom is 0.256 e. The minimum Gasteiger partial charge on any atom is -0.394 e. The van der Waals surface area contributed by atoms with Gasteiger partial charge in [0, 0.05) is 6.04 Å². The Labute approximate surface area is 205 Å². The molecule has 36 heavy (non-hydrogen) atoms. The molecule has 4 aromatic rings. The van der Waals surface area contributed by atoms with Crippen molar-refractivity contribution in [1.82, 2.24) is 29.1 Å². The van der Waals surface area contributed by atoms with Crippen LogP contribution in [0.25, 0.3) is 27.9 Å². The number of nitrogens with two attached hydrogens (primary N) is 1. The van der Waals surface area contributed by atoms with Crippen molar-refractivity contribution >= 4 is 28.4 Å². The first kappa shape index (κ1) is 25.6. The van der Waals surface area contributed by atoms with Crippen molar-refractivity contribution in [2.24, 2.45) is 0 Å². The minimum atomic E-state index is -2.57. The highest BCUT2D eigenvalue weighted by atomic mass is 19.3. The van der Waals surface area contributed by atoms with Crippen LogP contribution in [0.2, 0.25) is 0 Å². The number of hydrogen-bond acceptors (Lipinski definition) is 8. The van der Waals surface area contributed by atoms with Crippen molar-refractivity contribution in [2.75, 3.05) is 24.3 Å². The summed E-state index contributed by atoms with van der Waals surface area (Å²) in [5, 5.41) is 22.9. The van der Waals surface area contributed by atoms with Gasteiger partial charge in [0.2, 0.25) is 5.95 Å². The fraction of sp³-hybridized carbons (Fsp3) is 0.478. The van der Waals surface area contributed by atoms with Crippen LogP contribution in [-0.4, -0.2) is 65.0 Å². The molecule has 4 aromatic heterocycles. The van der Waals surface area contributed by atoms with E-state index in [-0.39, 0.29) is 47.5 Å². The summed E-state index contributed by atoms with van der Waals surface area (Å²) in [7, 11) is 0. The van der Waals surface area contributed by atoms with E-state index in [4.69, 9.17) is 15.9 Å². The Morgan fingerprint density at radius 2 is 1.83 bits per heavy atom. The highest BCUT2D eigenvalue weighted by Gasteiger charge is 2.22. The van der Waals surface area contributed by atoms with E-state index in [1.54, 1.807) is 19.1 Å². The quantitative estimate of drug-likeness (QED) is 0.313. The fourth-order valence-corrected chi connectivity index (χ4v) is 4.42. The lowest BCUT2D eigenvalue weighted by Gasteiger charge is -2.22. The zero-order valence-corrected chi connectivity index (χ0v) is 19.8. The zero-order valence-electron chi connectivity index (χ0n) is 19.8. The van der Waals surface area contributed by atoms with E-state index in [0.717, 1.165) is 25.7 Å². The fourth-order valence-electron chi connectivity index (χ4n) is 4.42. The number of rotatable bonds is 6. The lowest BCUT2D eigenvalue weighted by Crippen LogP contribution is -2.24. The lowest BCUT2D eigenvalue weighted by molar-refractivity contribution is 0.127. The van der Waals surface area contributed by atoms with Gasteiger partial charge >= 0.3 is 0 Å². The van der Waals surface area contributed by atoms with Gasteiger partial charge in [-0.05, 0) is 31.9 Å². The molecule has 4 heterocycles. The molecule has 0 spiro atoms. The second kappa shape index (κ2) is 11.1. The molecular weight excluding hydrogens is 477 g/mol. The monoisotopic (exact) mass is 506 g/mol. The Balaban J connectivity index is 0.000000709. The number of hydrogen-bond donors (Lipinski definition) is 4. The molecule has 1 saturated carbocycles. The van der Waals surface area contributed by atoms with Gasteiger partial charge < -0.3 is 25.8 Å². The highest BCUT2D eigenvalue weighted by molar-refractivity contribution is 5.89. The molecule has 0 aliphatic heterocycles. The van der Waals surface area contributed by atoms with Gasteiger partial charge in [-0.25, -0.2) is 27.7 Å². The molecule has 10 nitrogen and oxygen atoms in total. The molecule has 1 aliphatic rings. The van der Waals surface area contributed by atoms with Gasteiger partial charge in [0.05, 0.1) is 37.2 Å². The largest absolute Gasteiger partial charge is 0.394 e. The average molecular weight is 507 g/mol. The van der Waals surface area contributed by atoms with Crippen LogP contribution in [0.5, 0.6) is 0 Å². The number of aliphatic hydroxyl groups is 2. The maximum atomic E-state index is 15.0. The highest BCUT2D eigenvalue weighted by Crippen LogP contribution is 2.32. The SMILES string of the molecule is Cc1nc2ccc(-c3c(F)cn4nc(NC5CCCCC5)nc(N)c34)nc2n1CC(F)F.OCCO. The molecule has 0 unspecified atom stereocenters. The first-order valence-corrected chi connectivity index (χ1v) is 11.8. The van der Waals surface area contributed by atoms with E-state index < -0.39 is 18.8 Å². The number of imidazole rings is 1. The third kappa shape index (κ3) is 5.36. The summed E-state index contributed by atoms with van der Waals surface area (Å²) in [5.41, 5.74) is 7.56. The predicted octanol–water partition coefficient (Wildman–Crippen LogP) is 3.15. The van der Waals surface area contributed by atoms with Gasteiger partial charge in [-0.3, -0.25) is 0 Å². The number of nitrogens with zero attached hydrogens (tertiary/aromatic N) is 6. The summed E-state index contributed by atoms with van der Waals surface area (Å²) in [6.45, 7) is 0.837. The molecule has 0 saturated heterocycles. The van der Waals surface area contributed by atoms with E-state index in [9.17, 15) is 8.78 Å². The number of halogens is 3. The molecule has 0 radical (unpaired) electrons. The van der Waals surface area contributed by atoms with E-state index in [1.165, 1.54) is 21.7 Å². The number of pyridine rings is 1. The van der Waals surface area contributed by atoms with Gasteiger partial charge in [-0.15, -0.1) is 5.10 Å². The minimum absolute atomic E-state index is 0.108. The van der Waals surface area contributed by atoms with Crippen LogP contribution in [-0.2, 0) is 6.54 Å². The Bertz CT molecular complexity index is 1330. The third-order valence-electron chi connectivity index (χ3n) is 6.01. The molecule has 1 aliphatic carbocycles. The van der Waals surface area contributed by atoms with E-state index in [1.807, 2.05) is 0 Å². The average Bonchev–Trinajstić information content (AvgIpc) is 3.35. The number of anilines is 2. The number of fused-ring (bicyclic) bond motifs is 2. The van der Waals surface area contributed by atoms with Crippen LogP contribution in [0.1, 0.15) is 37.9 Å². The van der Waals surface area contributed by atoms with Crippen molar-refractivity contribution in [1.29, 1.82) is 0 Å². The third-order valence-corrected chi connectivity index (χ3v) is 6.01. The van der Waals surface area contributed by atoms with Crippen molar-refractivity contribution in [2.45, 2.75) is 58.0 Å². The maximum absolute atomic E-state index is 15.0. The Morgan fingerprint density at radius 1 is 1.11 bits per heavy atom. The van der Waals surface area contributed by atoms with Crippen LogP contribution >= 0.6 is 0 Å². The standard InChI is InChI=1S/C21H23F3N8.C2H6O2/c1-11-26-15-8-7-14(28-20(15)31(11)10-16(23)24)17-13(22)9-32-18(17)19(25)29-21(30-32)27-12-5-3-2-4-6-12;3-1-2-4/h7-9,12,16H,2-6,10H2,1H3,(H3,25,27,29,30);3-4H,1-2H2. The van der Waals surface area contributed by atoms with E-state index in [0.29, 0.717) is 17.3 Å². The van der Waals surface area contributed by atoms with Gasteiger partial charge in [-0.2, -0.15) is 4.98 Å². The van der Waals surface area contributed by atoms with E-state index in [2.05, 4.69) is 25.4 Å². The summed E-state index contributed by atoms with van der Waals surface area (Å²) >= 11 is 0. The number of alkyl halides is 2. The molecule has 0 amide bonds. The number of aliphatic hydroxyl groups excluding tert-OH is 2. The van der Waals surface area contributed by atoms with Crippen LogP contribution in [0.3, 0.4) is 0 Å². The normalized spacial score (nSPS) is 14.4. The number of nitrogen functional groups attached to an aromatic ring is 1. The molecule has 0 atom stereocenters. The molecular formula is C23H29F3N8O2. The molecule has 0 bridgehead atoms. The Hall–Kier alpha value is -3.45. The molecule has 13 heteroatoms. The first-order valence-electron chi connectivity index (χ1n) is 11.8. The second-order valence-corrected chi connectivity index (χ2v) is 8.59. The Kier molecular flexibility index (Phi) is 7.89. The molecule has 0 aromatic carbocycles. The number of aryl methyl sites for hydroxylation is 1. The second-order valence-electron chi connectivity index (χ2n) is 8.59. The molecule has 1 fully saturated rings. The smallest absolute Gasteiger partial charge is 0.256 e. The van der Waals surface area contributed by atoms with Crippen LogP contribution in [0.4, 0.5) is 24.9 Å². The summed E-state index contributed by atoms with van der Waals surface area (Å²) in [6, 6.07) is 3.49. The van der Waals surface area contributed by atoms with Crippen molar-refractivity contribution in [3.63, 3.8) is 0 Å². The van der Waals surface area contributed by atoms with Crippen LogP contribution < -0.4 is 11.1 Å². The van der Waals surface area contributed by atoms with Gasteiger partial charge in [-0.1, -0.05) is 19.3 Å². The van der Waals surface area contributed by atoms with Crippen molar-refractivity contribution in [3.05, 3.63) is 30.0 Å². The number of aromatic nitrogens is 6. The van der Waals surface area contributed by atoms with Gasteiger partial charge in [0.25, 0.3) is 6.43 Å². The zero-order chi connectivity index (χ0) is 25.8. The summed E-state index contributed by atoms with van der Waals surface area (Å²) in [4.78, 5) is 13.1.